The molecule has 0 bridgehead atoms. The zero-order chi connectivity index (χ0) is 10.6. The molecule has 0 amide bonds. The Morgan fingerprint density at radius 2 is 2.14 bits per heavy atom. The SMILES string of the molecule is COc1ccc(CNC(C)C)cc1Br. The molecule has 1 aromatic carbocycles. The topological polar surface area (TPSA) is 21.3 Å². The fraction of sp³-hybridized carbons (Fsp3) is 0.455. The molecule has 1 rings (SSSR count). The van der Waals surface area contributed by atoms with Gasteiger partial charge in [0.1, 0.15) is 5.75 Å². The van der Waals surface area contributed by atoms with Crippen LogP contribution in [0.2, 0.25) is 0 Å². The average molecular weight is 258 g/mol. The van der Waals surface area contributed by atoms with Gasteiger partial charge in [-0.15, -0.1) is 0 Å². The summed E-state index contributed by atoms with van der Waals surface area (Å²) in [5.74, 6) is 0.873. The van der Waals surface area contributed by atoms with Gasteiger partial charge in [-0.1, -0.05) is 19.9 Å². The molecule has 78 valence electrons. The van der Waals surface area contributed by atoms with E-state index in [0.29, 0.717) is 6.04 Å². The van der Waals surface area contributed by atoms with Crippen LogP contribution < -0.4 is 10.1 Å². The first-order chi connectivity index (χ1) is 6.63. The van der Waals surface area contributed by atoms with E-state index in [1.54, 1.807) is 7.11 Å². The summed E-state index contributed by atoms with van der Waals surface area (Å²) in [6, 6.07) is 6.63. The molecule has 0 atom stereocenters. The van der Waals surface area contributed by atoms with Crippen molar-refractivity contribution in [2.24, 2.45) is 0 Å². The van der Waals surface area contributed by atoms with E-state index in [1.165, 1.54) is 5.56 Å². The van der Waals surface area contributed by atoms with Crippen LogP contribution in [0.1, 0.15) is 19.4 Å². The molecule has 0 radical (unpaired) electrons. The molecule has 0 saturated heterocycles. The van der Waals surface area contributed by atoms with Crippen molar-refractivity contribution in [2.45, 2.75) is 26.4 Å². The van der Waals surface area contributed by atoms with Crippen molar-refractivity contribution in [3.05, 3.63) is 28.2 Å². The van der Waals surface area contributed by atoms with Crippen LogP contribution in [0.4, 0.5) is 0 Å². The van der Waals surface area contributed by atoms with Gasteiger partial charge in [-0.25, -0.2) is 0 Å². The van der Waals surface area contributed by atoms with Crippen molar-refractivity contribution in [1.82, 2.24) is 5.32 Å². The van der Waals surface area contributed by atoms with Crippen LogP contribution in [0.5, 0.6) is 5.75 Å². The summed E-state index contributed by atoms with van der Waals surface area (Å²) < 4.78 is 6.16. The largest absolute Gasteiger partial charge is 0.496 e. The Bertz CT molecular complexity index is 299. The highest BCUT2D eigenvalue weighted by Gasteiger charge is 2.01. The second-order valence-corrected chi connectivity index (χ2v) is 4.36. The number of ether oxygens (including phenoxy) is 1. The summed E-state index contributed by atoms with van der Waals surface area (Å²) in [4.78, 5) is 0. The lowest BCUT2D eigenvalue weighted by Gasteiger charge is -2.09. The highest BCUT2D eigenvalue weighted by Crippen LogP contribution is 2.25. The molecule has 0 heterocycles. The zero-order valence-electron chi connectivity index (χ0n) is 8.80. The first-order valence-corrected chi connectivity index (χ1v) is 5.48. The molecule has 0 aliphatic rings. The molecule has 14 heavy (non-hydrogen) atoms. The quantitative estimate of drug-likeness (QED) is 0.896. The summed E-state index contributed by atoms with van der Waals surface area (Å²) in [7, 11) is 1.67. The monoisotopic (exact) mass is 257 g/mol. The fourth-order valence-corrected chi connectivity index (χ4v) is 1.73. The van der Waals surface area contributed by atoms with E-state index < -0.39 is 0 Å². The molecule has 2 nitrogen and oxygen atoms in total. The highest BCUT2D eigenvalue weighted by molar-refractivity contribution is 9.10. The Balaban J connectivity index is 2.66. The number of halogens is 1. The predicted octanol–water partition coefficient (Wildman–Crippen LogP) is 2.96. The smallest absolute Gasteiger partial charge is 0.133 e. The van der Waals surface area contributed by atoms with Gasteiger partial charge < -0.3 is 10.1 Å². The standard InChI is InChI=1S/C11H16BrNO/c1-8(2)13-7-9-4-5-11(14-3)10(12)6-9/h4-6,8,13H,7H2,1-3H3. The second kappa shape index (κ2) is 5.37. The first-order valence-electron chi connectivity index (χ1n) is 4.69. The van der Waals surface area contributed by atoms with Crippen molar-refractivity contribution < 1.29 is 4.74 Å². The lowest BCUT2D eigenvalue weighted by Crippen LogP contribution is -2.21. The second-order valence-electron chi connectivity index (χ2n) is 3.50. The Labute approximate surface area is 93.8 Å². The molecule has 1 aromatic rings. The van der Waals surface area contributed by atoms with Crippen LogP contribution >= 0.6 is 15.9 Å². The molecule has 0 fully saturated rings. The molecule has 0 aromatic heterocycles. The van der Waals surface area contributed by atoms with E-state index in [1.807, 2.05) is 6.07 Å². The number of benzene rings is 1. The Morgan fingerprint density at radius 1 is 1.43 bits per heavy atom. The predicted molar refractivity (Wildman–Crippen MR) is 62.7 cm³/mol. The van der Waals surface area contributed by atoms with Crippen molar-refractivity contribution in [3.8, 4) is 5.75 Å². The van der Waals surface area contributed by atoms with Crippen LogP contribution in [0.15, 0.2) is 22.7 Å². The molecule has 0 aliphatic heterocycles. The van der Waals surface area contributed by atoms with Gasteiger partial charge >= 0.3 is 0 Å². The normalized spacial score (nSPS) is 10.6. The molecular weight excluding hydrogens is 242 g/mol. The Morgan fingerprint density at radius 3 is 2.64 bits per heavy atom. The minimum Gasteiger partial charge on any atom is -0.496 e. The van der Waals surface area contributed by atoms with E-state index in [0.717, 1.165) is 16.8 Å². The minimum atomic E-state index is 0.510. The lowest BCUT2D eigenvalue weighted by atomic mass is 10.2. The third kappa shape index (κ3) is 3.31. The van der Waals surface area contributed by atoms with E-state index >= 15 is 0 Å². The molecule has 0 saturated carbocycles. The maximum absolute atomic E-state index is 5.16. The Kier molecular flexibility index (Phi) is 4.42. The van der Waals surface area contributed by atoms with Gasteiger partial charge in [0.05, 0.1) is 11.6 Å². The van der Waals surface area contributed by atoms with E-state index in [4.69, 9.17) is 4.74 Å². The van der Waals surface area contributed by atoms with Crippen molar-refractivity contribution in [1.29, 1.82) is 0 Å². The lowest BCUT2D eigenvalue weighted by molar-refractivity contribution is 0.412. The number of hydrogen-bond donors (Lipinski definition) is 1. The number of hydrogen-bond acceptors (Lipinski definition) is 2. The molecule has 0 aliphatic carbocycles. The maximum Gasteiger partial charge on any atom is 0.133 e. The van der Waals surface area contributed by atoms with Crippen LogP contribution in [0, 0.1) is 0 Å². The third-order valence-corrected chi connectivity index (χ3v) is 2.55. The molecular formula is C11H16BrNO. The minimum absolute atomic E-state index is 0.510. The fourth-order valence-electron chi connectivity index (χ4n) is 1.14. The zero-order valence-corrected chi connectivity index (χ0v) is 10.4. The van der Waals surface area contributed by atoms with Gasteiger partial charge in [0, 0.05) is 12.6 Å². The molecule has 1 N–H and O–H groups in total. The van der Waals surface area contributed by atoms with Crippen molar-refractivity contribution >= 4 is 15.9 Å². The van der Waals surface area contributed by atoms with Crippen molar-refractivity contribution in [3.63, 3.8) is 0 Å². The summed E-state index contributed by atoms with van der Waals surface area (Å²) >= 11 is 3.46. The molecule has 3 heteroatoms. The van der Waals surface area contributed by atoms with Gasteiger partial charge in [-0.3, -0.25) is 0 Å². The molecule has 0 spiro atoms. The first kappa shape index (κ1) is 11.5. The van der Waals surface area contributed by atoms with E-state index in [2.05, 4.69) is 47.2 Å². The van der Waals surface area contributed by atoms with Crippen LogP contribution in [-0.4, -0.2) is 13.2 Å². The van der Waals surface area contributed by atoms with Crippen LogP contribution in [0.25, 0.3) is 0 Å². The maximum atomic E-state index is 5.16. The number of methoxy groups -OCH3 is 1. The summed E-state index contributed by atoms with van der Waals surface area (Å²) in [6.07, 6.45) is 0. The van der Waals surface area contributed by atoms with E-state index in [9.17, 15) is 0 Å². The third-order valence-electron chi connectivity index (χ3n) is 1.93. The van der Waals surface area contributed by atoms with E-state index in [-0.39, 0.29) is 0 Å². The van der Waals surface area contributed by atoms with Crippen LogP contribution in [0.3, 0.4) is 0 Å². The van der Waals surface area contributed by atoms with Gasteiger partial charge in [-0.05, 0) is 33.6 Å². The summed E-state index contributed by atoms with van der Waals surface area (Å²) in [5.41, 5.74) is 1.26. The van der Waals surface area contributed by atoms with Gasteiger partial charge in [0.2, 0.25) is 0 Å². The summed E-state index contributed by atoms with van der Waals surface area (Å²) in [5, 5.41) is 3.36. The van der Waals surface area contributed by atoms with Gasteiger partial charge in [0.15, 0.2) is 0 Å². The van der Waals surface area contributed by atoms with Gasteiger partial charge in [0.25, 0.3) is 0 Å². The molecule has 0 unspecified atom stereocenters. The number of rotatable bonds is 4. The Hall–Kier alpha value is -0.540. The van der Waals surface area contributed by atoms with Gasteiger partial charge in [-0.2, -0.15) is 0 Å². The van der Waals surface area contributed by atoms with Crippen LogP contribution in [-0.2, 0) is 6.54 Å². The highest BCUT2D eigenvalue weighted by atomic mass is 79.9. The average Bonchev–Trinajstić information content (AvgIpc) is 2.15. The van der Waals surface area contributed by atoms with Crippen molar-refractivity contribution in [2.75, 3.05) is 7.11 Å². The summed E-state index contributed by atoms with van der Waals surface area (Å²) in [6.45, 7) is 5.16. The number of nitrogens with one attached hydrogen (secondary N) is 1.